The van der Waals surface area contributed by atoms with Gasteiger partial charge in [0, 0.05) is 24.8 Å². The first-order chi connectivity index (χ1) is 17.0. The third kappa shape index (κ3) is 4.84. The fourth-order valence-electron chi connectivity index (χ4n) is 4.41. The summed E-state index contributed by atoms with van der Waals surface area (Å²) in [5.74, 6) is 0.0345. The predicted octanol–water partition coefficient (Wildman–Crippen LogP) is 3.48. The van der Waals surface area contributed by atoms with Crippen LogP contribution in [-0.4, -0.2) is 53.4 Å². The molecule has 0 saturated carbocycles. The highest BCUT2D eigenvalue weighted by molar-refractivity contribution is 5.91. The Morgan fingerprint density at radius 2 is 1.80 bits per heavy atom. The number of aromatic nitrogens is 2. The summed E-state index contributed by atoms with van der Waals surface area (Å²) in [5.41, 5.74) is 3.54. The molecule has 0 unspecified atom stereocenters. The molecule has 1 amide bonds. The molecular weight excluding hydrogens is 453 g/mol. The topological polar surface area (TPSA) is 82.9 Å². The number of rotatable bonds is 6. The number of esters is 1. The van der Waals surface area contributed by atoms with Crippen molar-refractivity contribution in [1.82, 2.24) is 14.7 Å². The number of carbonyl (C=O) groups excluding carboxylic acids is 2. The molecule has 0 radical (unpaired) electrons. The Morgan fingerprint density at radius 1 is 1.06 bits per heavy atom. The summed E-state index contributed by atoms with van der Waals surface area (Å²) in [4.78, 5) is 27.0. The lowest BCUT2D eigenvalue weighted by Crippen LogP contribution is -2.31. The number of ether oxygens (including phenoxy) is 3. The average molecular weight is 480 g/mol. The Balaban J connectivity index is 1.25. The maximum atomic E-state index is 13.4. The van der Waals surface area contributed by atoms with Crippen LogP contribution in [0.4, 0.5) is 4.39 Å². The monoisotopic (exact) mass is 479 g/mol. The summed E-state index contributed by atoms with van der Waals surface area (Å²) in [6, 6.07) is 11.5. The molecule has 9 heteroatoms. The van der Waals surface area contributed by atoms with Gasteiger partial charge >= 0.3 is 5.97 Å². The van der Waals surface area contributed by atoms with Gasteiger partial charge < -0.3 is 19.1 Å². The van der Waals surface area contributed by atoms with E-state index in [1.165, 1.54) is 17.0 Å². The number of likely N-dealkylation sites (N-methyl/N-ethyl adjacent to an activating group) is 1. The largest absolute Gasteiger partial charge is 0.486 e. The second-order valence-corrected chi connectivity index (χ2v) is 8.67. The summed E-state index contributed by atoms with van der Waals surface area (Å²) in [7, 11) is 1.65. The van der Waals surface area contributed by atoms with Crippen molar-refractivity contribution in [2.75, 3.05) is 26.9 Å². The Morgan fingerprint density at radius 3 is 2.60 bits per heavy atom. The normalized spacial score (nSPS) is 14.2. The highest BCUT2D eigenvalue weighted by atomic mass is 19.1. The summed E-state index contributed by atoms with van der Waals surface area (Å²) in [6.07, 6.45) is 3.40. The van der Waals surface area contributed by atoms with Crippen LogP contribution in [0.5, 0.6) is 11.5 Å². The molecule has 182 valence electrons. The summed E-state index contributed by atoms with van der Waals surface area (Å²) in [6.45, 7) is 0.947. The van der Waals surface area contributed by atoms with E-state index < -0.39 is 12.6 Å². The van der Waals surface area contributed by atoms with Gasteiger partial charge in [0.1, 0.15) is 19.0 Å². The number of hydrogen-bond donors (Lipinski definition) is 0. The van der Waals surface area contributed by atoms with E-state index in [1.54, 1.807) is 23.9 Å². The van der Waals surface area contributed by atoms with Crippen LogP contribution in [0.25, 0.3) is 5.69 Å². The van der Waals surface area contributed by atoms with Crippen LogP contribution in [0.3, 0.4) is 0 Å². The lowest BCUT2D eigenvalue weighted by molar-refractivity contribution is -0.133. The standard InChI is InChI=1S/C26H26FN3O5/c1-29(15-17-6-11-22-23(14-17)34-13-12-33-22)24(31)16-35-26(32)25-20-4-2-3-5-21(20)30(28-25)19-9-7-18(27)8-10-19/h6-11,14H,2-5,12-13,15-16H2,1H3. The zero-order valence-corrected chi connectivity index (χ0v) is 19.5. The smallest absolute Gasteiger partial charge is 0.359 e. The molecule has 0 saturated heterocycles. The van der Waals surface area contributed by atoms with Gasteiger partial charge in [-0.25, -0.2) is 13.9 Å². The summed E-state index contributed by atoms with van der Waals surface area (Å²) in [5, 5.41) is 4.49. The Bertz CT molecular complexity index is 1250. The SMILES string of the molecule is CN(Cc1ccc2c(c1)OCCO2)C(=O)COC(=O)c1nn(-c2ccc(F)cc2)c2c1CCCC2. The predicted molar refractivity (Wildman–Crippen MR) is 124 cm³/mol. The minimum atomic E-state index is -0.634. The van der Waals surface area contributed by atoms with E-state index in [0.29, 0.717) is 43.4 Å². The van der Waals surface area contributed by atoms with E-state index in [1.807, 2.05) is 18.2 Å². The molecule has 1 aromatic heterocycles. The third-order valence-corrected chi connectivity index (χ3v) is 6.22. The zero-order chi connectivity index (χ0) is 24.4. The molecule has 0 fully saturated rings. The Kier molecular flexibility index (Phi) is 6.39. The maximum absolute atomic E-state index is 13.4. The quantitative estimate of drug-likeness (QED) is 0.504. The zero-order valence-electron chi connectivity index (χ0n) is 19.5. The number of halogens is 1. The Hall–Kier alpha value is -3.88. The van der Waals surface area contributed by atoms with Crippen LogP contribution in [0.2, 0.25) is 0 Å². The number of nitrogens with zero attached hydrogens (tertiary/aromatic N) is 3. The van der Waals surface area contributed by atoms with Gasteiger partial charge in [-0.2, -0.15) is 5.10 Å². The molecule has 5 rings (SSSR count). The molecule has 2 heterocycles. The molecule has 1 aliphatic carbocycles. The van der Waals surface area contributed by atoms with Gasteiger partial charge in [-0.15, -0.1) is 0 Å². The molecule has 35 heavy (non-hydrogen) atoms. The van der Waals surface area contributed by atoms with Crippen LogP contribution in [0, 0.1) is 5.82 Å². The molecule has 0 atom stereocenters. The summed E-state index contributed by atoms with van der Waals surface area (Å²) >= 11 is 0. The van der Waals surface area contributed by atoms with Gasteiger partial charge in [0.2, 0.25) is 0 Å². The van der Waals surface area contributed by atoms with E-state index in [2.05, 4.69) is 5.10 Å². The second-order valence-electron chi connectivity index (χ2n) is 8.67. The van der Waals surface area contributed by atoms with Crippen LogP contribution in [0.15, 0.2) is 42.5 Å². The van der Waals surface area contributed by atoms with Gasteiger partial charge in [0.15, 0.2) is 23.8 Å². The van der Waals surface area contributed by atoms with Crippen molar-refractivity contribution in [3.05, 3.63) is 70.8 Å². The lowest BCUT2D eigenvalue weighted by Gasteiger charge is -2.21. The van der Waals surface area contributed by atoms with Gasteiger partial charge in [-0.3, -0.25) is 4.79 Å². The van der Waals surface area contributed by atoms with Crippen molar-refractivity contribution in [1.29, 1.82) is 0 Å². The van der Waals surface area contributed by atoms with Crippen LogP contribution < -0.4 is 9.47 Å². The number of benzene rings is 2. The first-order valence-electron chi connectivity index (χ1n) is 11.7. The second kappa shape index (κ2) is 9.77. The lowest BCUT2D eigenvalue weighted by atomic mass is 9.95. The molecule has 0 N–H and O–H groups in total. The van der Waals surface area contributed by atoms with Crippen molar-refractivity contribution in [3.63, 3.8) is 0 Å². The fourth-order valence-corrected chi connectivity index (χ4v) is 4.41. The third-order valence-electron chi connectivity index (χ3n) is 6.22. The first kappa shape index (κ1) is 22.9. The maximum Gasteiger partial charge on any atom is 0.359 e. The molecule has 8 nitrogen and oxygen atoms in total. The van der Waals surface area contributed by atoms with E-state index in [-0.39, 0.29) is 17.4 Å². The molecule has 0 bridgehead atoms. The molecule has 2 aliphatic rings. The summed E-state index contributed by atoms with van der Waals surface area (Å²) < 4.78 is 31.5. The molecule has 3 aromatic rings. The van der Waals surface area contributed by atoms with Crippen LogP contribution in [0.1, 0.15) is 40.2 Å². The van der Waals surface area contributed by atoms with Crippen molar-refractivity contribution < 1.29 is 28.2 Å². The Labute approximate surface area is 202 Å². The van der Waals surface area contributed by atoms with Crippen LogP contribution >= 0.6 is 0 Å². The van der Waals surface area contributed by atoms with E-state index >= 15 is 0 Å². The van der Waals surface area contributed by atoms with Crippen LogP contribution in [-0.2, 0) is 28.9 Å². The van der Waals surface area contributed by atoms with Gasteiger partial charge in [0.05, 0.1) is 5.69 Å². The van der Waals surface area contributed by atoms with Gasteiger partial charge in [0.25, 0.3) is 5.91 Å². The van der Waals surface area contributed by atoms with E-state index in [4.69, 9.17) is 14.2 Å². The van der Waals surface area contributed by atoms with Crippen molar-refractivity contribution >= 4 is 11.9 Å². The van der Waals surface area contributed by atoms with Crippen molar-refractivity contribution in [3.8, 4) is 17.2 Å². The van der Waals surface area contributed by atoms with Crippen molar-refractivity contribution in [2.24, 2.45) is 0 Å². The van der Waals surface area contributed by atoms with Gasteiger partial charge in [-0.05, 0) is 67.6 Å². The fraction of sp³-hybridized carbons (Fsp3) is 0.346. The molecule has 0 spiro atoms. The van der Waals surface area contributed by atoms with E-state index in [0.717, 1.165) is 36.1 Å². The minimum Gasteiger partial charge on any atom is -0.486 e. The highest BCUT2D eigenvalue weighted by Gasteiger charge is 2.27. The molecule has 1 aliphatic heterocycles. The van der Waals surface area contributed by atoms with E-state index in [9.17, 15) is 14.0 Å². The number of carbonyl (C=O) groups is 2. The van der Waals surface area contributed by atoms with Gasteiger partial charge in [-0.1, -0.05) is 6.07 Å². The molecular formula is C26H26FN3O5. The average Bonchev–Trinajstić information content (AvgIpc) is 3.27. The van der Waals surface area contributed by atoms with Crippen molar-refractivity contribution in [2.45, 2.75) is 32.2 Å². The highest BCUT2D eigenvalue weighted by Crippen LogP contribution is 2.31. The first-order valence-corrected chi connectivity index (χ1v) is 11.7. The number of amides is 1. The number of fused-ring (bicyclic) bond motifs is 2. The number of hydrogen-bond acceptors (Lipinski definition) is 6. The minimum absolute atomic E-state index is 0.214. The molecule has 2 aromatic carbocycles.